The first kappa shape index (κ1) is 15.5. The second-order valence-corrected chi connectivity index (χ2v) is 8.27. The number of rotatable bonds is 2. The Balaban J connectivity index is 1.84. The molecule has 1 aromatic carbocycles. The van der Waals surface area contributed by atoms with Gasteiger partial charge in [-0.1, -0.05) is 18.2 Å². The monoisotopic (exact) mass is 322 g/mol. The number of likely N-dealkylation sites (tertiary alicyclic amines) is 1. The maximum Gasteiger partial charge on any atom is 0.253 e. The highest BCUT2D eigenvalue weighted by Crippen LogP contribution is 2.39. The van der Waals surface area contributed by atoms with E-state index in [2.05, 4.69) is 0 Å². The van der Waals surface area contributed by atoms with Crippen LogP contribution in [0.1, 0.15) is 36.0 Å². The van der Waals surface area contributed by atoms with Gasteiger partial charge in [0.05, 0.1) is 11.8 Å². The van der Waals surface area contributed by atoms with Gasteiger partial charge in [-0.15, -0.1) is 0 Å². The third-order valence-electron chi connectivity index (χ3n) is 4.80. The fraction of sp³-hybridized carbons (Fsp3) is 0.562. The predicted molar refractivity (Wildman–Crippen MR) is 85.1 cm³/mol. The number of nitrogens with zero attached hydrogens (tertiary/aromatic N) is 2. The third-order valence-corrected chi connectivity index (χ3v) is 6.17. The van der Waals surface area contributed by atoms with Crippen molar-refractivity contribution in [1.29, 1.82) is 0 Å². The molecule has 2 fully saturated rings. The highest BCUT2D eigenvalue weighted by Gasteiger charge is 2.48. The van der Waals surface area contributed by atoms with Crippen LogP contribution >= 0.6 is 0 Å². The molecule has 5 nitrogen and oxygen atoms in total. The van der Waals surface area contributed by atoms with E-state index < -0.39 is 15.6 Å². The Hall–Kier alpha value is -1.40. The fourth-order valence-corrected chi connectivity index (χ4v) is 5.29. The van der Waals surface area contributed by atoms with Gasteiger partial charge < -0.3 is 4.90 Å². The lowest BCUT2D eigenvalue weighted by molar-refractivity contribution is 0.0524. The van der Waals surface area contributed by atoms with Crippen LogP contribution in [0.4, 0.5) is 0 Å². The molecule has 0 N–H and O–H groups in total. The van der Waals surface area contributed by atoms with Gasteiger partial charge in [-0.25, -0.2) is 8.42 Å². The summed E-state index contributed by atoms with van der Waals surface area (Å²) in [4.78, 5) is 14.5. The first-order valence-electron chi connectivity index (χ1n) is 7.75. The predicted octanol–water partition coefficient (Wildman–Crippen LogP) is 1.72. The molecular weight excluding hydrogens is 300 g/mol. The molecule has 1 aromatic rings. The van der Waals surface area contributed by atoms with E-state index in [4.69, 9.17) is 0 Å². The van der Waals surface area contributed by atoms with Crippen molar-refractivity contribution in [3.63, 3.8) is 0 Å². The average Bonchev–Trinajstić information content (AvgIpc) is 2.90. The van der Waals surface area contributed by atoms with Gasteiger partial charge >= 0.3 is 0 Å². The second-order valence-electron chi connectivity index (χ2n) is 6.36. The molecule has 0 saturated carbocycles. The number of benzene rings is 1. The van der Waals surface area contributed by atoms with Crippen molar-refractivity contribution in [1.82, 2.24) is 9.21 Å². The van der Waals surface area contributed by atoms with Crippen LogP contribution in [0.2, 0.25) is 0 Å². The number of carbonyl (C=O) groups excluding carboxylic acids is 1. The largest absolute Gasteiger partial charge is 0.337 e. The van der Waals surface area contributed by atoms with E-state index in [1.54, 1.807) is 4.31 Å². The molecule has 0 bridgehead atoms. The van der Waals surface area contributed by atoms with E-state index >= 15 is 0 Å². The van der Waals surface area contributed by atoms with Crippen molar-refractivity contribution in [3.05, 3.63) is 35.9 Å². The van der Waals surface area contributed by atoms with Crippen LogP contribution in [0, 0.1) is 0 Å². The Bertz CT molecular complexity index is 659. The standard InChI is InChI=1S/C16H22N2O3S/c1-22(20,21)18-12-6-10-16(18)9-5-11-17(13-16)15(19)14-7-3-2-4-8-14/h2-4,7-8H,5-6,9-13H2,1H3. The fourth-order valence-electron chi connectivity index (χ4n) is 3.89. The third kappa shape index (κ3) is 2.77. The normalized spacial score (nSPS) is 26.5. The Morgan fingerprint density at radius 3 is 2.36 bits per heavy atom. The van der Waals surface area contributed by atoms with Gasteiger partial charge in [0, 0.05) is 25.2 Å². The van der Waals surface area contributed by atoms with Gasteiger partial charge in [0.15, 0.2) is 0 Å². The summed E-state index contributed by atoms with van der Waals surface area (Å²) in [7, 11) is -3.23. The van der Waals surface area contributed by atoms with Crippen LogP contribution in [0.15, 0.2) is 30.3 Å². The maximum absolute atomic E-state index is 12.7. The van der Waals surface area contributed by atoms with E-state index in [0.717, 1.165) is 25.7 Å². The first-order valence-corrected chi connectivity index (χ1v) is 9.59. The number of sulfonamides is 1. The zero-order valence-electron chi connectivity index (χ0n) is 12.9. The minimum atomic E-state index is -3.23. The Morgan fingerprint density at radius 2 is 1.73 bits per heavy atom. The maximum atomic E-state index is 12.7. The molecule has 1 amide bonds. The molecule has 0 radical (unpaired) electrons. The van der Waals surface area contributed by atoms with E-state index in [0.29, 0.717) is 25.2 Å². The van der Waals surface area contributed by atoms with Gasteiger partial charge in [-0.3, -0.25) is 4.79 Å². The van der Waals surface area contributed by atoms with Crippen LogP contribution in [-0.4, -0.2) is 55.0 Å². The lowest BCUT2D eigenvalue weighted by atomic mass is 9.87. The van der Waals surface area contributed by atoms with Crippen LogP contribution in [0.25, 0.3) is 0 Å². The van der Waals surface area contributed by atoms with Crippen LogP contribution in [0.5, 0.6) is 0 Å². The van der Waals surface area contributed by atoms with E-state index in [9.17, 15) is 13.2 Å². The molecule has 1 unspecified atom stereocenters. The lowest BCUT2D eigenvalue weighted by Gasteiger charge is -2.44. The highest BCUT2D eigenvalue weighted by atomic mass is 32.2. The summed E-state index contributed by atoms with van der Waals surface area (Å²) in [5.41, 5.74) is 0.277. The second kappa shape index (κ2) is 5.66. The number of piperidine rings is 1. The molecule has 2 heterocycles. The van der Waals surface area contributed by atoms with Crippen LogP contribution in [0.3, 0.4) is 0 Å². The van der Waals surface area contributed by atoms with Crippen molar-refractivity contribution in [3.8, 4) is 0 Å². The molecule has 1 spiro atoms. The smallest absolute Gasteiger partial charge is 0.253 e. The summed E-state index contributed by atoms with van der Waals surface area (Å²) < 4.78 is 25.8. The molecule has 120 valence electrons. The van der Waals surface area contributed by atoms with Crippen LogP contribution < -0.4 is 0 Å². The summed E-state index contributed by atoms with van der Waals surface area (Å²) in [5.74, 6) is 0.0000241. The summed E-state index contributed by atoms with van der Waals surface area (Å²) in [5, 5.41) is 0. The Labute approximate surface area is 132 Å². The molecule has 2 aliphatic heterocycles. The van der Waals surface area contributed by atoms with Gasteiger partial charge in [-0.05, 0) is 37.8 Å². The molecule has 0 aliphatic carbocycles. The number of hydrogen-bond donors (Lipinski definition) is 0. The molecule has 22 heavy (non-hydrogen) atoms. The van der Waals surface area contributed by atoms with E-state index in [1.807, 2.05) is 35.2 Å². The molecule has 3 rings (SSSR count). The minimum Gasteiger partial charge on any atom is -0.337 e. The summed E-state index contributed by atoms with van der Waals surface area (Å²) in [6.07, 6.45) is 4.69. The lowest BCUT2D eigenvalue weighted by Crippen LogP contribution is -2.58. The van der Waals surface area contributed by atoms with Gasteiger partial charge in [0.25, 0.3) is 5.91 Å². The highest BCUT2D eigenvalue weighted by molar-refractivity contribution is 7.88. The zero-order valence-corrected chi connectivity index (χ0v) is 13.7. The van der Waals surface area contributed by atoms with Crippen molar-refractivity contribution in [2.75, 3.05) is 25.9 Å². The molecular formula is C16H22N2O3S. The molecule has 0 aromatic heterocycles. The average molecular weight is 322 g/mol. The van der Waals surface area contributed by atoms with Crippen molar-refractivity contribution in [2.45, 2.75) is 31.2 Å². The zero-order chi connectivity index (χ0) is 15.8. The van der Waals surface area contributed by atoms with Gasteiger partial charge in [0.1, 0.15) is 0 Å². The summed E-state index contributed by atoms with van der Waals surface area (Å²) in [6, 6.07) is 9.21. The van der Waals surface area contributed by atoms with Crippen molar-refractivity contribution >= 4 is 15.9 Å². The molecule has 1 atom stereocenters. The van der Waals surface area contributed by atoms with Crippen molar-refractivity contribution in [2.24, 2.45) is 0 Å². The van der Waals surface area contributed by atoms with E-state index in [1.165, 1.54) is 6.26 Å². The number of carbonyl (C=O) groups is 1. The molecule has 2 aliphatic rings. The topological polar surface area (TPSA) is 57.7 Å². The Morgan fingerprint density at radius 1 is 1.09 bits per heavy atom. The molecule has 6 heteroatoms. The minimum absolute atomic E-state index is 0.0000241. The van der Waals surface area contributed by atoms with Crippen molar-refractivity contribution < 1.29 is 13.2 Å². The van der Waals surface area contributed by atoms with E-state index in [-0.39, 0.29) is 5.91 Å². The van der Waals surface area contributed by atoms with Gasteiger partial charge in [0.2, 0.25) is 10.0 Å². The Kier molecular flexibility index (Phi) is 3.99. The quantitative estimate of drug-likeness (QED) is 0.833. The van der Waals surface area contributed by atoms with Crippen LogP contribution in [-0.2, 0) is 10.0 Å². The number of amides is 1. The molecule has 2 saturated heterocycles. The summed E-state index contributed by atoms with van der Waals surface area (Å²) >= 11 is 0. The number of hydrogen-bond acceptors (Lipinski definition) is 3. The van der Waals surface area contributed by atoms with Gasteiger partial charge in [-0.2, -0.15) is 4.31 Å². The summed E-state index contributed by atoms with van der Waals surface area (Å²) in [6.45, 7) is 1.78. The first-order chi connectivity index (χ1) is 10.4. The SMILES string of the molecule is CS(=O)(=O)N1CCCC12CCCN(C(=O)c1ccccc1)C2.